The third-order valence-corrected chi connectivity index (χ3v) is 3.66. The number of carbonyl (C=O) groups excluding carboxylic acids is 1. The van der Waals surface area contributed by atoms with Gasteiger partial charge in [-0.25, -0.2) is 8.78 Å². The second-order valence-corrected chi connectivity index (χ2v) is 5.28. The third-order valence-electron chi connectivity index (χ3n) is 3.66. The Kier molecular flexibility index (Phi) is 4.70. The highest BCUT2D eigenvalue weighted by Gasteiger charge is 2.42. The van der Waals surface area contributed by atoms with Crippen LogP contribution in [0.3, 0.4) is 0 Å². The summed E-state index contributed by atoms with van der Waals surface area (Å²) in [6, 6.07) is -0.705. The number of nitrogens with one attached hydrogen (secondary N) is 2. The van der Waals surface area contributed by atoms with E-state index >= 15 is 0 Å². The number of amides is 1. The number of hydrogen-bond acceptors (Lipinski definition) is 4. The Hall–Kier alpha value is -0.790. The molecule has 2 fully saturated rings. The highest BCUT2D eigenvalue weighted by atomic mass is 19.3. The maximum absolute atomic E-state index is 13.0. The quantitative estimate of drug-likeness (QED) is 0.732. The van der Waals surface area contributed by atoms with Crippen LogP contribution in [0, 0.1) is 0 Å². The Bertz CT molecular complexity index is 328. The van der Waals surface area contributed by atoms with E-state index in [9.17, 15) is 13.6 Å². The summed E-state index contributed by atoms with van der Waals surface area (Å²) in [5.41, 5.74) is 0. The van der Waals surface area contributed by atoms with Crippen molar-refractivity contribution in [3.63, 3.8) is 0 Å². The first kappa shape index (κ1) is 14.6. The number of halogens is 2. The number of likely N-dealkylation sites (tertiary alicyclic amines) is 1. The van der Waals surface area contributed by atoms with Crippen molar-refractivity contribution in [3.8, 4) is 0 Å². The second-order valence-electron chi connectivity index (χ2n) is 5.28. The van der Waals surface area contributed by atoms with Gasteiger partial charge < -0.3 is 10.1 Å². The lowest BCUT2D eigenvalue weighted by Crippen LogP contribution is -2.46. The van der Waals surface area contributed by atoms with Crippen LogP contribution in [0.1, 0.15) is 12.8 Å². The summed E-state index contributed by atoms with van der Waals surface area (Å²) in [6.07, 6.45) is 0.456. The lowest BCUT2D eigenvalue weighted by atomic mass is 10.1. The standard InChI is InChI=1S/C12H21F2N3O2/c1-19-5-4-17-3-2-9(7-17)16-11(18)10-6-12(13,14)8-15-10/h9-10,15H,2-8H2,1H3,(H,16,18). The van der Waals surface area contributed by atoms with E-state index in [4.69, 9.17) is 4.74 Å². The molecule has 0 aromatic carbocycles. The zero-order valence-corrected chi connectivity index (χ0v) is 11.1. The molecule has 0 saturated carbocycles. The van der Waals surface area contributed by atoms with Gasteiger partial charge in [0, 0.05) is 39.2 Å². The molecule has 19 heavy (non-hydrogen) atoms. The average Bonchev–Trinajstić information content (AvgIpc) is 2.93. The topological polar surface area (TPSA) is 53.6 Å². The Morgan fingerprint density at radius 3 is 3.00 bits per heavy atom. The van der Waals surface area contributed by atoms with E-state index in [0.29, 0.717) is 6.61 Å². The van der Waals surface area contributed by atoms with Crippen LogP contribution in [0.5, 0.6) is 0 Å². The summed E-state index contributed by atoms with van der Waals surface area (Å²) in [4.78, 5) is 14.1. The van der Waals surface area contributed by atoms with Crippen molar-refractivity contribution in [2.45, 2.75) is 30.8 Å². The van der Waals surface area contributed by atoms with E-state index < -0.39 is 24.9 Å². The van der Waals surface area contributed by atoms with E-state index in [1.165, 1.54) is 0 Å². The number of ether oxygens (including phenoxy) is 1. The van der Waals surface area contributed by atoms with Crippen molar-refractivity contribution in [2.24, 2.45) is 0 Å². The predicted molar refractivity (Wildman–Crippen MR) is 66.2 cm³/mol. The van der Waals surface area contributed by atoms with Gasteiger partial charge in [0.05, 0.1) is 19.2 Å². The van der Waals surface area contributed by atoms with Crippen LogP contribution in [0.25, 0.3) is 0 Å². The molecule has 0 aromatic heterocycles. The largest absolute Gasteiger partial charge is 0.383 e. The molecule has 0 bridgehead atoms. The molecule has 2 unspecified atom stereocenters. The number of rotatable bonds is 5. The SMILES string of the molecule is COCCN1CCC(NC(=O)C2CC(F)(F)CN2)C1. The van der Waals surface area contributed by atoms with Crippen LogP contribution in [-0.2, 0) is 9.53 Å². The van der Waals surface area contributed by atoms with Gasteiger partial charge in [0.15, 0.2) is 0 Å². The lowest BCUT2D eigenvalue weighted by molar-refractivity contribution is -0.124. The average molecular weight is 277 g/mol. The predicted octanol–water partition coefficient (Wildman–Crippen LogP) is -0.179. The van der Waals surface area contributed by atoms with E-state index in [0.717, 1.165) is 26.1 Å². The van der Waals surface area contributed by atoms with Crippen LogP contribution >= 0.6 is 0 Å². The zero-order valence-electron chi connectivity index (χ0n) is 11.1. The van der Waals surface area contributed by atoms with Crippen molar-refractivity contribution >= 4 is 5.91 Å². The molecule has 0 radical (unpaired) electrons. The van der Waals surface area contributed by atoms with Gasteiger partial charge in [0.1, 0.15) is 0 Å². The molecule has 110 valence electrons. The van der Waals surface area contributed by atoms with Crippen LogP contribution < -0.4 is 10.6 Å². The summed E-state index contributed by atoms with van der Waals surface area (Å²) in [6.45, 7) is 2.76. The van der Waals surface area contributed by atoms with Gasteiger partial charge in [-0.1, -0.05) is 0 Å². The first-order chi connectivity index (χ1) is 9.00. The van der Waals surface area contributed by atoms with Gasteiger partial charge in [-0.15, -0.1) is 0 Å². The fourth-order valence-corrected chi connectivity index (χ4v) is 2.58. The highest BCUT2D eigenvalue weighted by Crippen LogP contribution is 2.25. The van der Waals surface area contributed by atoms with E-state index in [1.54, 1.807) is 7.11 Å². The fraction of sp³-hybridized carbons (Fsp3) is 0.917. The zero-order chi connectivity index (χ0) is 13.9. The Morgan fingerprint density at radius 1 is 1.58 bits per heavy atom. The van der Waals surface area contributed by atoms with E-state index in [1.807, 2.05) is 0 Å². The number of hydrogen-bond donors (Lipinski definition) is 2. The Morgan fingerprint density at radius 2 is 2.37 bits per heavy atom. The monoisotopic (exact) mass is 277 g/mol. The molecule has 2 saturated heterocycles. The summed E-state index contributed by atoms with van der Waals surface area (Å²) in [5, 5.41) is 5.42. The summed E-state index contributed by atoms with van der Waals surface area (Å²) in [7, 11) is 1.65. The minimum Gasteiger partial charge on any atom is -0.383 e. The summed E-state index contributed by atoms with van der Waals surface area (Å²) < 4.78 is 31.0. The number of methoxy groups -OCH3 is 1. The number of nitrogens with zero attached hydrogens (tertiary/aromatic N) is 1. The first-order valence-corrected chi connectivity index (χ1v) is 6.63. The first-order valence-electron chi connectivity index (χ1n) is 6.63. The lowest BCUT2D eigenvalue weighted by Gasteiger charge is -2.18. The molecular weight excluding hydrogens is 256 g/mol. The molecule has 7 heteroatoms. The minimum absolute atomic E-state index is 0.0559. The Balaban J connectivity index is 1.72. The van der Waals surface area contributed by atoms with E-state index in [-0.39, 0.29) is 11.9 Å². The molecular formula is C12H21F2N3O2. The molecule has 2 aliphatic heterocycles. The molecule has 1 amide bonds. The second kappa shape index (κ2) is 6.11. The molecule has 0 spiro atoms. The van der Waals surface area contributed by atoms with Gasteiger partial charge in [0.25, 0.3) is 5.92 Å². The molecule has 0 aliphatic carbocycles. The molecule has 2 rings (SSSR count). The van der Waals surface area contributed by atoms with Gasteiger partial charge >= 0.3 is 0 Å². The van der Waals surface area contributed by atoms with Gasteiger partial charge in [-0.3, -0.25) is 15.0 Å². The smallest absolute Gasteiger partial charge is 0.262 e. The van der Waals surface area contributed by atoms with Crippen LogP contribution in [0.4, 0.5) is 8.78 Å². The molecule has 2 heterocycles. The molecule has 2 aliphatic rings. The van der Waals surface area contributed by atoms with Crippen molar-refractivity contribution in [2.75, 3.05) is 39.9 Å². The fourth-order valence-electron chi connectivity index (χ4n) is 2.58. The van der Waals surface area contributed by atoms with E-state index in [2.05, 4.69) is 15.5 Å². The normalized spacial score (nSPS) is 30.7. The van der Waals surface area contributed by atoms with Crippen molar-refractivity contribution in [3.05, 3.63) is 0 Å². The van der Waals surface area contributed by atoms with Gasteiger partial charge in [-0.2, -0.15) is 0 Å². The maximum atomic E-state index is 13.0. The van der Waals surface area contributed by atoms with Crippen LogP contribution in [0.15, 0.2) is 0 Å². The van der Waals surface area contributed by atoms with Gasteiger partial charge in [-0.05, 0) is 6.42 Å². The molecule has 5 nitrogen and oxygen atoms in total. The molecule has 0 aromatic rings. The Labute approximate surface area is 111 Å². The van der Waals surface area contributed by atoms with Crippen LogP contribution in [-0.4, -0.2) is 68.7 Å². The molecule has 2 N–H and O–H groups in total. The highest BCUT2D eigenvalue weighted by molar-refractivity contribution is 5.82. The van der Waals surface area contributed by atoms with Gasteiger partial charge in [0.2, 0.25) is 5.91 Å². The van der Waals surface area contributed by atoms with Crippen molar-refractivity contribution in [1.29, 1.82) is 0 Å². The summed E-state index contributed by atoms with van der Waals surface area (Å²) >= 11 is 0. The third kappa shape index (κ3) is 4.09. The maximum Gasteiger partial charge on any atom is 0.262 e. The van der Waals surface area contributed by atoms with Crippen molar-refractivity contribution < 1.29 is 18.3 Å². The summed E-state index contributed by atoms with van der Waals surface area (Å²) in [5.74, 6) is -3.07. The van der Waals surface area contributed by atoms with Crippen molar-refractivity contribution in [1.82, 2.24) is 15.5 Å². The minimum atomic E-state index is -2.76. The molecule has 2 atom stereocenters. The number of alkyl halides is 2. The number of carbonyl (C=O) groups is 1. The van der Waals surface area contributed by atoms with Crippen LogP contribution in [0.2, 0.25) is 0 Å².